The van der Waals surface area contributed by atoms with E-state index in [1.54, 1.807) is 44.6 Å². The summed E-state index contributed by atoms with van der Waals surface area (Å²) in [5.41, 5.74) is 2.18. The topological polar surface area (TPSA) is 84.2 Å². The van der Waals surface area contributed by atoms with Crippen LogP contribution in [0.25, 0.3) is 17.1 Å². The van der Waals surface area contributed by atoms with Crippen molar-refractivity contribution in [3.8, 4) is 11.5 Å². The highest BCUT2D eigenvalue weighted by Crippen LogP contribution is 2.31. The summed E-state index contributed by atoms with van der Waals surface area (Å²) in [5.74, 6) is 0.983. The van der Waals surface area contributed by atoms with Gasteiger partial charge in [0, 0.05) is 11.1 Å². The molecule has 2 aromatic carbocycles. The second-order valence-electron chi connectivity index (χ2n) is 5.12. The first kappa shape index (κ1) is 15.6. The molecule has 0 saturated carbocycles. The quantitative estimate of drug-likeness (QED) is 0.558. The lowest BCUT2D eigenvalue weighted by Gasteiger charge is -2.09. The normalized spacial score (nSPS) is 11.1. The molecule has 122 valence electrons. The van der Waals surface area contributed by atoms with Gasteiger partial charge in [0.15, 0.2) is 17.3 Å². The van der Waals surface area contributed by atoms with Gasteiger partial charge in [-0.3, -0.25) is 4.79 Å². The van der Waals surface area contributed by atoms with Crippen molar-refractivity contribution in [3.05, 3.63) is 64.1 Å². The lowest BCUT2D eigenvalue weighted by Crippen LogP contribution is -1.99. The summed E-state index contributed by atoms with van der Waals surface area (Å²) in [7, 11) is 3.11. The number of imidazole rings is 1. The molecule has 0 aliphatic carbocycles. The molecule has 1 heterocycles. The molecule has 0 saturated heterocycles. The Labute approximate surface area is 137 Å². The molecule has 0 aliphatic rings. The van der Waals surface area contributed by atoms with Crippen molar-refractivity contribution < 1.29 is 14.3 Å². The van der Waals surface area contributed by atoms with E-state index in [0.29, 0.717) is 28.1 Å². The molecule has 1 aromatic heterocycles. The number of H-pyrrole nitrogens is 2. The predicted octanol–water partition coefficient (Wildman–Crippen LogP) is 2.77. The van der Waals surface area contributed by atoms with Gasteiger partial charge in [-0.2, -0.15) is 0 Å². The third-order valence-electron chi connectivity index (χ3n) is 3.65. The van der Waals surface area contributed by atoms with Crippen LogP contribution in [0.5, 0.6) is 11.5 Å². The first-order chi connectivity index (χ1) is 11.6. The van der Waals surface area contributed by atoms with E-state index in [-0.39, 0.29) is 11.5 Å². The first-order valence-electron chi connectivity index (χ1n) is 7.28. The SMILES string of the molecule is COc1cccc(C=CC(=O)c2ccc3[nH]c(=O)[nH]c3c2)c1OC. The minimum Gasteiger partial charge on any atom is -0.493 e. The summed E-state index contributed by atoms with van der Waals surface area (Å²) in [6.45, 7) is 0. The number of hydrogen-bond acceptors (Lipinski definition) is 4. The molecular weight excluding hydrogens is 308 g/mol. The van der Waals surface area contributed by atoms with Crippen LogP contribution in [-0.4, -0.2) is 30.0 Å². The number of carbonyl (C=O) groups is 1. The van der Waals surface area contributed by atoms with Crippen LogP contribution in [0.1, 0.15) is 15.9 Å². The number of fused-ring (bicyclic) bond motifs is 1. The lowest BCUT2D eigenvalue weighted by atomic mass is 10.1. The monoisotopic (exact) mass is 324 g/mol. The summed E-state index contributed by atoms with van der Waals surface area (Å²) in [4.78, 5) is 28.9. The van der Waals surface area contributed by atoms with Crippen LogP contribution in [0, 0.1) is 0 Å². The Morgan fingerprint density at radius 3 is 2.58 bits per heavy atom. The zero-order valence-electron chi connectivity index (χ0n) is 13.3. The number of hydrogen-bond donors (Lipinski definition) is 2. The van der Waals surface area contributed by atoms with Crippen molar-refractivity contribution in [2.24, 2.45) is 0 Å². The van der Waals surface area contributed by atoms with Gasteiger partial charge in [-0.05, 0) is 36.4 Å². The van der Waals surface area contributed by atoms with E-state index < -0.39 is 0 Å². The van der Waals surface area contributed by atoms with E-state index in [1.807, 2.05) is 12.1 Å². The van der Waals surface area contributed by atoms with Crippen LogP contribution >= 0.6 is 0 Å². The minimum atomic E-state index is -0.300. The van der Waals surface area contributed by atoms with Crippen molar-refractivity contribution in [2.75, 3.05) is 14.2 Å². The number of para-hydroxylation sites is 1. The molecule has 6 nitrogen and oxygen atoms in total. The number of rotatable bonds is 5. The van der Waals surface area contributed by atoms with Crippen LogP contribution < -0.4 is 15.2 Å². The standard InChI is InChI=1S/C18H16N2O4/c1-23-16-5-3-4-11(17(16)24-2)7-9-15(21)12-6-8-13-14(10-12)20-18(22)19-13/h3-10H,1-2H3,(H2,19,20,22). The van der Waals surface area contributed by atoms with Crippen molar-refractivity contribution in [1.82, 2.24) is 9.97 Å². The van der Waals surface area contributed by atoms with Gasteiger partial charge in [0.05, 0.1) is 25.3 Å². The summed E-state index contributed by atoms with van der Waals surface area (Å²) >= 11 is 0. The van der Waals surface area contributed by atoms with Gasteiger partial charge in [0.25, 0.3) is 0 Å². The number of aromatic nitrogens is 2. The number of allylic oxidation sites excluding steroid dienone is 1. The first-order valence-corrected chi connectivity index (χ1v) is 7.28. The van der Waals surface area contributed by atoms with Gasteiger partial charge in [0.1, 0.15) is 0 Å². The third-order valence-corrected chi connectivity index (χ3v) is 3.65. The minimum absolute atomic E-state index is 0.177. The van der Waals surface area contributed by atoms with Crippen LogP contribution in [0.2, 0.25) is 0 Å². The molecule has 0 amide bonds. The van der Waals surface area contributed by atoms with Crippen molar-refractivity contribution in [3.63, 3.8) is 0 Å². The lowest BCUT2D eigenvalue weighted by molar-refractivity contribution is 0.104. The molecule has 0 spiro atoms. The van der Waals surface area contributed by atoms with Crippen LogP contribution in [0.4, 0.5) is 0 Å². The molecule has 24 heavy (non-hydrogen) atoms. The molecule has 0 aliphatic heterocycles. The molecule has 0 bridgehead atoms. The second-order valence-corrected chi connectivity index (χ2v) is 5.12. The van der Waals surface area contributed by atoms with Crippen molar-refractivity contribution in [2.45, 2.75) is 0 Å². The van der Waals surface area contributed by atoms with Crippen LogP contribution in [0.3, 0.4) is 0 Å². The zero-order valence-corrected chi connectivity index (χ0v) is 13.3. The van der Waals surface area contributed by atoms with Gasteiger partial charge in [-0.25, -0.2) is 4.79 Å². The van der Waals surface area contributed by atoms with Crippen LogP contribution in [0.15, 0.2) is 47.3 Å². The molecular formula is C18H16N2O4. The Bertz CT molecular complexity index is 982. The van der Waals surface area contributed by atoms with Gasteiger partial charge < -0.3 is 19.4 Å². The second kappa shape index (κ2) is 6.45. The zero-order chi connectivity index (χ0) is 17.1. The maximum Gasteiger partial charge on any atom is 0.323 e. The maximum absolute atomic E-state index is 12.4. The molecule has 6 heteroatoms. The van der Waals surface area contributed by atoms with E-state index in [9.17, 15) is 9.59 Å². The number of benzene rings is 2. The summed E-state index contributed by atoms with van der Waals surface area (Å²) in [6.07, 6.45) is 3.14. The number of aromatic amines is 2. The Balaban J connectivity index is 1.90. The number of ether oxygens (including phenoxy) is 2. The average Bonchev–Trinajstić information content (AvgIpc) is 2.98. The summed E-state index contributed by atoms with van der Waals surface area (Å²) in [5, 5.41) is 0. The van der Waals surface area contributed by atoms with E-state index in [4.69, 9.17) is 9.47 Å². The van der Waals surface area contributed by atoms with Gasteiger partial charge >= 0.3 is 5.69 Å². The maximum atomic E-state index is 12.4. The van der Waals surface area contributed by atoms with E-state index >= 15 is 0 Å². The van der Waals surface area contributed by atoms with Crippen molar-refractivity contribution in [1.29, 1.82) is 0 Å². The molecule has 0 unspecified atom stereocenters. The molecule has 3 aromatic rings. The molecule has 0 radical (unpaired) electrons. The highest BCUT2D eigenvalue weighted by Gasteiger charge is 2.09. The van der Waals surface area contributed by atoms with Crippen LogP contribution in [-0.2, 0) is 0 Å². The smallest absolute Gasteiger partial charge is 0.323 e. The Morgan fingerprint density at radius 1 is 1.04 bits per heavy atom. The fourth-order valence-electron chi connectivity index (χ4n) is 2.49. The molecule has 3 rings (SSSR count). The highest BCUT2D eigenvalue weighted by molar-refractivity contribution is 6.08. The average molecular weight is 324 g/mol. The Kier molecular flexibility index (Phi) is 4.20. The van der Waals surface area contributed by atoms with E-state index in [2.05, 4.69) is 9.97 Å². The fourth-order valence-corrected chi connectivity index (χ4v) is 2.49. The third kappa shape index (κ3) is 2.94. The van der Waals surface area contributed by atoms with Gasteiger partial charge in [-0.15, -0.1) is 0 Å². The van der Waals surface area contributed by atoms with E-state index in [1.165, 1.54) is 6.08 Å². The number of nitrogens with one attached hydrogen (secondary N) is 2. The Hall–Kier alpha value is -3.28. The van der Waals surface area contributed by atoms with Crippen molar-refractivity contribution >= 4 is 22.9 Å². The van der Waals surface area contributed by atoms with Gasteiger partial charge in [0.2, 0.25) is 0 Å². The molecule has 0 fully saturated rings. The predicted molar refractivity (Wildman–Crippen MR) is 91.8 cm³/mol. The molecule has 2 N–H and O–H groups in total. The van der Waals surface area contributed by atoms with E-state index in [0.717, 1.165) is 5.56 Å². The molecule has 0 atom stereocenters. The number of methoxy groups -OCH3 is 2. The highest BCUT2D eigenvalue weighted by atomic mass is 16.5. The summed E-state index contributed by atoms with van der Waals surface area (Å²) < 4.78 is 10.6. The number of ketones is 1. The summed E-state index contributed by atoms with van der Waals surface area (Å²) in [6, 6.07) is 10.4. The Morgan fingerprint density at radius 2 is 1.83 bits per heavy atom. The largest absolute Gasteiger partial charge is 0.493 e. The fraction of sp³-hybridized carbons (Fsp3) is 0.111. The number of carbonyl (C=O) groups excluding carboxylic acids is 1. The van der Waals surface area contributed by atoms with Gasteiger partial charge in [-0.1, -0.05) is 12.1 Å².